The fourth-order valence-electron chi connectivity index (χ4n) is 3.06. The number of rotatable bonds is 5. The van der Waals surface area contributed by atoms with Crippen LogP contribution in [0.4, 0.5) is 13.2 Å². The monoisotopic (exact) mass is 379 g/mol. The van der Waals surface area contributed by atoms with Crippen LogP contribution in [-0.4, -0.2) is 42.8 Å². The average Bonchev–Trinajstić information content (AvgIpc) is 2.67. The van der Waals surface area contributed by atoms with Crippen LogP contribution in [0.5, 0.6) is 11.5 Å². The van der Waals surface area contributed by atoms with Crippen LogP contribution < -0.4 is 4.74 Å². The zero-order chi connectivity index (χ0) is 19.3. The molecule has 1 saturated heterocycles. The largest absolute Gasteiger partial charge is 0.457 e. The maximum absolute atomic E-state index is 13.1. The van der Waals surface area contributed by atoms with Gasteiger partial charge in [-0.3, -0.25) is 4.79 Å². The summed E-state index contributed by atoms with van der Waals surface area (Å²) in [7, 11) is 0. The van der Waals surface area contributed by atoms with Gasteiger partial charge in [0, 0.05) is 19.3 Å². The van der Waals surface area contributed by atoms with E-state index in [2.05, 4.69) is 0 Å². The number of benzene rings is 2. The molecule has 0 unspecified atom stereocenters. The summed E-state index contributed by atoms with van der Waals surface area (Å²) in [6.45, 7) is -0.612. The molecule has 0 saturated carbocycles. The molecule has 1 aliphatic rings. The highest BCUT2D eigenvalue weighted by molar-refractivity contribution is 5.97. The Hall–Kier alpha value is -2.54. The Labute approximate surface area is 155 Å². The van der Waals surface area contributed by atoms with Gasteiger partial charge in [0.25, 0.3) is 5.91 Å². The Balaban J connectivity index is 1.89. The molecule has 0 atom stereocenters. The maximum atomic E-state index is 13.1. The first kappa shape index (κ1) is 19.2. The second kappa shape index (κ2) is 8.43. The number of hydrogen-bond acceptors (Lipinski definition) is 3. The lowest BCUT2D eigenvalue weighted by Gasteiger charge is -2.35. The minimum atomic E-state index is -4.48. The molecule has 2 aromatic rings. The fraction of sp³-hybridized carbons (Fsp3) is 0.350. The number of nitrogens with zero attached hydrogens (tertiary/aromatic N) is 1. The molecule has 144 valence electrons. The van der Waals surface area contributed by atoms with Gasteiger partial charge in [-0.15, -0.1) is 0 Å². The summed E-state index contributed by atoms with van der Waals surface area (Å²) in [5.74, 6) is 0.0462. The Morgan fingerprint density at radius 2 is 1.67 bits per heavy atom. The first-order valence-corrected chi connectivity index (χ1v) is 8.71. The highest BCUT2D eigenvalue weighted by atomic mass is 19.4. The molecule has 0 aliphatic carbocycles. The van der Waals surface area contributed by atoms with Crippen molar-refractivity contribution in [2.24, 2.45) is 0 Å². The fourth-order valence-corrected chi connectivity index (χ4v) is 3.06. The number of amides is 1. The molecule has 3 rings (SSSR count). The molecule has 27 heavy (non-hydrogen) atoms. The lowest BCUT2D eigenvalue weighted by atomic mass is 10.0. The molecule has 4 nitrogen and oxygen atoms in total. The molecule has 7 heteroatoms. The lowest BCUT2D eigenvalue weighted by Crippen LogP contribution is -2.48. The number of ether oxygens (including phenoxy) is 2. The molecule has 0 aromatic heterocycles. The van der Waals surface area contributed by atoms with E-state index in [-0.39, 0.29) is 11.3 Å². The van der Waals surface area contributed by atoms with Gasteiger partial charge in [0.05, 0.1) is 5.56 Å². The van der Waals surface area contributed by atoms with Gasteiger partial charge in [-0.25, -0.2) is 0 Å². The van der Waals surface area contributed by atoms with E-state index in [1.54, 1.807) is 42.5 Å². The van der Waals surface area contributed by atoms with Crippen molar-refractivity contribution in [1.82, 2.24) is 4.90 Å². The summed E-state index contributed by atoms with van der Waals surface area (Å²) in [4.78, 5) is 13.9. The third-order valence-electron chi connectivity index (χ3n) is 4.33. The minimum Gasteiger partial charge on any atom is -0.457 e. The predicted octanol–water partition coefficient (Wildman–Crippen LogP) is 4.66. The number of hydrogen-bond donors (Lipinski definition) is 0. The van der Waals surface area contributed by atoms with Crippen molar-refractivity contribution in [2.45, 2.75) is 25.1 Å². The van der Waals surface area contributed by atoms with Crippen molar-refractivity contribution in [1.29, 1.82) is 0 Å². The van der Waals surface area contributed by atoms with Crippen LogP contribution in [0, 0.1) is 0 Å². The molecule has 1 heterocycles. The van der Waals surface area contributed by atoms with Gasteiger partial charge in [-0.2, -0.15) is 13.2 Å². The smallest absolute Gasteiger partial charge is 0.406 e. The number of para-hydroxylation sites is 2. The predicted molar refractivity (Wildman–Crippen MR) is 93.9 cm³/mol. The van der Waals surface area contributed by atoms with E-state index in [1.807, 2.05) is 6.07 Å². The molecular formula is C20H20F3NO3. The Morgan fingerprint density at radius 3 is 2.33 bits per heavy atom. The van der Waals surface area contributed by atoms with Gasteiger partial charge in [0.1, 0.15) is 18.0 Å². The van der Waals surface area contributed by atoms with Crippen LogP contribution in [0.15, 0.2) is 54.6 Å². The first-order chi connectivity index (χ1) is 12.9. The van der Waals surface area contributed by atoms with Crippen molar-refractivity contribution in [3.05, 3.63) is 60.2 Å². The topological polar surface area (TPSA) is 38.8 Å². The molecule has 1 amide bonds. The van der Waals surface area contributed by atoms with E-state index >= 15 is 0 Å². The third kappa shape index (κ3) is 5.23. The van der Waals surface area contributed by atoms with E-state index in [1.165, 1.54) is 6.07 Å². The zero-order valence-corrected chi connectivity index (χ0v) is 14.6. The van der Waals surface area contributed by atoms with E-state index in [0.717, 1.165) is 4.90 Å². The van der Waals surface area contributed by atoms with E-state index in [4.69, 9.17) is 9.47 Å². The van der Waals surface area contributed by atoms with Crippen LogP contribution >= 0.6 is 0 Å². The average molecular weight is 379 g/mol. The third-order valence-corrected chi connectivity index (χ3v) is 4.33. The minimum absolute atomic E-state index is 0.108. The Morgan fingerprint density at radius 1 is 1.04 bits per heavy atom. The highest BCUT2D eigenvalue weighted by Gasteiger charge is 2.38. The summed E-state index contributed by atoms with van der Waals surface area (Å²) in [5.41, 5.74) is 0.108. The first-order valence-electron chi connectivity index (χ1n) is 8.71. The van der Waals surface area contributed by atoms with Crippen LogP contribution in [-0.2, 0) is 4.74 Å². The molecule has 1 aliphatic heterocycles. The lowest BCUT2D eigenvalue weighted by molar-refractivity contribution is -0.147. The van der Waals surface area contributed by atoms with Crippen molar-refractivity contribution in [3.63, 3.8) is 0 Å². The molecular weight excluding hydrogens is 359 g/mol. The standard InChI is InChI=1S/C20H20F3NO3/c21-20(22,23)14-24(15-10-12-26-13-11-15)19(25)17-8-4-5-9-18(17)27-16-6-2-1-3-7-16/h1-9,15H,10-14H2. The number of carbonyl (C=O) groups is 1. The van der Waals surface area contributed by atoms with Crippen LogP contribution in [0.3, 0.4) is 0 Å². The second-order valence-corrected chi connectivity index (χ2v) is 6.30. The molecule has 2 aromatic carbocycles. The van der Waals surface area contributed by atoms with Crippen LogP contribution in [0.2, 0.25) is 0 Å². The van der Waals surface area contributed by atoms with Crippen molar-refractivity contribution < 1.29 is 27.4 Å². The van der Waals surface area contributed by atoms with Gasteiger partial charge in [0.15, 0.2) is 0 Å². The van der Waals surface area contributed by atoms with Crippen molar-refractivity contribution in [2.75, 3.05) is 19.8 Å². The van der Waals surface area contributed by atoms with Gasteiger partial charge in [-0.05, 0) is 37.1 Å². The quantitative estimate of drug-likeness (QED) is 0.758. The molecule has 0 N–H and O–H groups in total. The maximum Gasteiger partial charge on any atom is 0.406 e. The Kier molecular flexibility index (Phi) is 6.01. The van der Waals surface area contributed by atoms with E-state index in [0.29, 0.717) is 31.8 Å². The zero-order valence-electron chi connectivity index (χ0n) is 14.6. The van der Waals surface area contributed by atoms with E-state index in [9.17, 15) is 18.0 Å². The molecule has 0 radical (unpaired) electrons. The van der Waals surface area contributed by atoms with Crippen LogP contribution in [0.1, 0.15) is 23.2 Å². The van der Waals surface area contributed by atoms with Crippen molar-refractivity contribution >= 4 is 5.91 Å². The number of halogens is 3. The van der Waals surface area contributed by atoms with Gasteiger partial charge >= 0.3 is 6.18 Å². The molecule has 0 spiro atoms. The number of alkyl halides is 3. The second-order valence-electron chi connectivity index (χ2n) is 6.30. The summed E-state index contributed by atoms with van der Waals surface area (Å²) in [6, 6.07) is 14.6. The summed E-state index contributed by atoms with van der Waals surface area (Å²) in [5, 5.41) is 0. The SMILES string of the molecule is O=C(c1ccccc1Oc1ccccc1)N(CC(F)(F)F)C1CCOCC1. The molecule has 1 fully saturated rings. The van der Waals surface area contributed by atoms with Gasteiger partial charge in [-0.1, -0.05) is 30.3 Å². The highest BCUT2D eigenvalue weighted by Crippen LogP contribution is 2.29. The molecule has 0 bridgehead atoms. The van der Waals surface area contributed by atoms with E-state index < -0.39 is 24.7 Å². The summed E-state index contributed by atoms with van der Waals surface area (Å²) in [6.07, 6.45) is -3.73. The normalized spacial score (nSPS) is 15.4. The van der Waals surface area contributed by atoms with Crippen molar-refractivity contribution in [3.8, 4) is 11.5 Å². The summed E-state index contributed by atoms with van der Waals surface area (Å²) >= 11 is 0. The van der Waals surface area contributed by atoms with Gasteiger partial charge in [0.2, 0.25) is 0 Å². The van der Waals surface area contributed by atoms with Crippen LogP contribution in [0.25, 0.3) is 0 Å². The number of carbonyl (C=O) groups excluding carboxylic acids is 1. The Bertz CT molecular complexity index is 759. The summed E-state index contributed by atoms with van der Waals surface area (Å²) < 4.78 is 50.4. The van der Waals surface area contributed by atoms with Gasteiger partial charge < -0.3 is 14.4 Å².